The summed E-state index contributed by atoms with van der Waals surface area (Å²) in [5, 5.41) is 13.8. The molecule has 1 N–H and O–H groups in total. The first-order valence-corrected chi connectivity index (χ1v) is 7.92. The minimum absolute atomic E-state index is 0.212. The second-order valence-electron chi connectivity index (χ2n) is 5.75. The molecule has 1 heterocycles. The van der Waals surface area contributed by atoms with Crippen molar-refractivity contribution < 1.29 is 9.53 Å². The SMILES string of the molecule is Cc1cccc(OC(C)C(=O)Nc2ccc(-n3cnnn3)cc2)c1C. The summed E-state index contributed by atoms with van der Waals surface area (Å²) in [4.78, 5) is 12.4. The topological polar surface area (TPSA) is 81.9 Å². The van der Waals surface area contributed by atoms with Crippen LogP contribution in [0.2, 0.25) is 0 Å². The van der Waals surface area contributed by atoms with Crippen LogP contribution in [-0.4, -0.2) is 32.2 Å². The third-order valence-corrected chi connectivity index (χ3v) is 3.98. The molecule has 0 aliphatic rings. The zero-order valence-corrected chi connectivity index (χ0v) is 14.3. The summed E-state index contributed by atoms with van der Waals surface area (Å²) in [6.07, 6.45) is 0.896. The Labute approximate surface area is 145 Å². The van der Waals surface area contributed by atoms with Crippen LogP contribution in [0.15, 0.2) is 48.8 Å². The van der Waals surface area contributed by atoms with Gasteiger partial charge in [-0.3, -0.25) is 4.79 Å². The Hall–Kier alpha value is -3.22. The van der Waals surface area contributed by atoms with E-state index < -0.39 is 6.10 Å². The van der Waals surface area contributed by atoms with Crippen molar-refractivity contribution in [2.45, 2.75) is 26.9 Å². The Morgan fingerprint density at radius 1 is 1.16 bits per heavy atom. The maximum atomic E-state index is 12.4. The van der Waals surface area contributed by atoms with Gasteiger partial charge in [0.1, 0.15) is 12.1 Å². The fourth-order valence-corrected chi connectivity index (χ4v) is 2.32. The molecule has 7 nitrogen and oxygen atoms in total. The molecule has 0 aliphatic carbocycles. The molecule has 1 amide bonds. The number of benzene rings is 2. The van der Waals surface area contributed by atoms with Crippen LogP contribution < -0.4 is 10.1 Å². The molecule has 0 spiro atoms. The third-order valence-electron chi connectivity index (χ3n) is 3.98. The van der Waals surface area contributed by atoms with Gasteiger partial charge in [-0.05, 0) is 72.7 Å². The van der Waals surface area contributed by atoms with Gasteiger partial charge in [0, 0.05) is 5.69 Å². The molecule has 1 unspecified atom stereocenters. The van der Waals surface area contributed by atoms with E-state index in [9.17, 15) is 4.79 Å². The number of nitrogens with zero attached hydrogens (tertiary/aromatic N) is 4. The predicted octanol–water partition coefficient (Wildman–Crippen LogP) is 2.69. The third kappa shape index (κ3) is 3.82. The second-order valence-corrected chi connectivity index (χ2v) is 5.75. The van der Waals surface area contributed by atoms with Crippen LogP contribution in [0.4, 0.5) is 5.69 Å². The number of hydrogen-bond donors (Lipinski definition) is 1. The number of ether oxygens (including phenoxy) is 1. The number of anilines is 1. The highest BCUT2D eigenvalue weighted by Gasteiger charge is 2.16. The molecular weight excluding hydrogens is 318 g/mol. The van der Waals surface area contributed by atoms with Gasteiger partial charge in [0.25, 0.3) is 5.91 Å². The van der Waals surface area contributed by atoms with Crippen molar-refractivity contribution in [2.24, 2.45) is 0 Å². The zero-order chi connectivity index (χ0) is 17.8. The zero-order valence-electron chi connectivity index (χ0n) is 14.3. The van der Waals surface area contributed by atoms with E-state index in [0.717, 1.165) is 22.6 Å². The van der Waals surface area contributed by atoms with E-state index in [2.05, 4.69) is 20.8 Å². The fraction of sp³-hybridized carbons (Fsp3) is 0.222. The molecule has 0 aliphatic heterocycles. The van der Waals surface area contributed by atoms with E-state index in [1.54, 1.807) is 19.1 Å². The van der Waals surface area contributed by atoms with Crippen molar-refractivity contribution in [3.05, 3.63) is 59.9 Å². The van der Waals surface area contributed by atoms with Crippen molar-refractivity contribution >= 4 is 11.6 Å². The molecule has 7 heteroatoms. The first kappa shape index (κ1) is 16.6. The first-order chi connectivity index (χ1) is 12.0. The normalized spacial score (nSPS) is 11.8. The number of aryl methyl sites for hydroxylation is 1. The van der Waals surface area contributed by atoms with Crippen molar-refractivity contribution in [3.63, 3.8) is 0 Å². The van der Waals surface area contributed by atoms with Gasteiger partial charge in [-0.1, -0.05) is 12.1 Å². The average Bonchev–Trinajstić information content (AvgIpc) is 3.14. The first-order valence-electron chi connectivity index (χ1n) is 7.92. The number of carbonyl (C=O) groups excluding carboxylic acids is 1. The van der Waals surface area contributed by atoms with E-state index in [4.69, 9.17) is 4.74 Å². The highest BCUT2D eigenvalue weighted by molar-refractivity contribution is 5.94. The smallest absolute Gasteiger partial charge is 0.265 e. The van der Waals surface area contributed by atoms with Crippen molar-refractivity contribution in [3.8, 4) is 11.4 Å². The van der Waals surface area contributed by atoms with Crippen LogP contribution in [0.1, 0.15) is 18.1 Å². The lowest BCUT2D eigenvalue weighted by molar-refractivity contribution is -0.122. The van der Waals surface area contributed by atoms with E-state index in [1.165, 1.54) is 11.0 Å². The van der Waals surface area contributed by atoms with Gasteiger partial charge in [0.2, 0.25) is 0 Å². The summed E-state index contributed by atoms with van der Waals surface area (Å²) in [6.45, 7) is 5.72. The molecule has 0 saturated heterocycles. The lowest BCUT2D eigenvalue weighted by Crippen LogP contribution is -2.30. The monoisotopic (exact) mass is 337 g/mol. The van der Waals surface area contributed by atoms with Gasteiger partial charge in [0.05, 0.1) is 5.69 Å². The van der Waals surface area contributed by atoms with E-state index in [-0.39, 0.29) is 5.91 Å². The van der Waals surface area contributed by atoms with Crippen molar-refractivity contribution in [1.82, 2.24) is 20.2 Å². The molecule has 2 aromatic carbocycles. The van der Waals surface area contributed by atoms with Gasteiger partial charge in [0.15, 0.2) is 6.10 Å². The van der Waals surface area contributed by atoms with Crippen LogP contribution >= 0.6 is 0 Å². The standard InChI is InChI=1S/C18H19N5O2/c1-12-5-4-6-17(13(12)2)25-14(3)18(24)20-15-7-9-16(10-8-15)23-11-19-21-22-23/h4-11,14H,1-3H3,(H,20,24). The quantitative estimate of drug-likeness (QED) is 0.774. The fourth-order valence-electron chi connectivity index (χ4n) is 2.32. The number of carbonyl (C=O) groups is 1. The van der Waals surface area contributed by atoms with E-state index >= 15 is 0 Å². The Kier molecular flexibility index (Phi) is 4.74. The Bertz CT molecular complexity index is 860. The molecule has 3 rings (SSSR count). The minimum atomic E-state index is -0.611. The number of nitrogens with one attached hydrogen (secondary N) is 1. The Balaban J connectivity index is 1.64. The molecule has 0 fully saturated rings. The number of aromatic nitrogens is 4. The van der Waals surface area contributed by atoms with Crippen molar-refractivity contribution in [1.29, 1.82) is 0 Å². The maximum Gasteiger partial charge on any atom is 0.265 e. The molecule has 1 aromatic heterocycles. The summed E-state index contributed by atoms with van der Waals surface area (Å²) in [5.74, 6) is 0.507. The van der Waals surface area contributed by atoms with Crippen LogP contribution in [0, 0.1) is 13.8 Å². The number of tetrazole rings is 1. The van der Waals surface area contributed by atoms with E-state index in [0.29, 0.717) is 5.69 Å². The lowest BCUT2D eigenvalue weighted by atomic mass is 10.1. The summed E-state index contributed by atoms with van der Waals surface area (Å²) in [6, 6.07) is 13.0. The summed E-state index contributed by atoms with van der Waals surface area (Å²) in [7, 11) is 0. The van der Waals surface area contributed by atoms with Crippen LogP contribution in [0.25, 0.3) is 5.69 Å². The van der Waals surface area contributed by atoms with E-state index in [1.807, 2.05) is 44.2 Å². The molecule has 0 saturated carbocycles. The van der Waals surface area contributed by atoms with Gasteiger partial charge >= 0.3 is 0 Å². The minimum Gasteiger partial charge on any atom is -0.481 e. The predicted molar refractivity (Wildman–Crippen MR) is 93.8 cm³/mol. The van der Waals surface area contributed by atoms with Gasteiger partial charge in [-0.15, -0.1) is 5.10 Å². The van der Waals surface area contributed by atoms with Crippen molar-refractivity contribution in [2.75, 3.05) is 5.32 Å². The second kappa shape index (κ2) is 7.12. The van der Waals surface area contributed by atoms with Gasteiger partial charge < -0.3 is 10.1 Å². The molecular formula is C18H19N5O2. The highest BCUT2D eigenvalue weighted by atomic mass is 16.5. The highest BCUT2D eigenvalue weighted by Crippen LogP contribution is 2.22. The average molecular weight is 337 g/mol. The lowest BCUT2D eigenvalue weighted by Gasteiger charge is -2.17. The summed E-state index contributed by atoms with van der Waals surface area (Å²) in [5.41, 5.74) is 3.65. The molecule has 128 valence electrons. The molecule has 3 aromatic rings. The van der Waals surface area contributed by atoms with Crippen LogP contribution in [0.3, 0.4) is 0 Å². The van der Waals surface area contributed by atoms with Gasteiger partial charge in [-0.2, -0.15) is 0 Å². The number of amides is 1. The Morgan fingerprint density at radius 2 is 1.92 bits per heavy atom. The maximum absolute atomic E-state index is 12.4. The molecule has 0 radical (unpaired) electrons. The van der Waals surface area contributed by atoms with Crippen LogP contribution in [0.5, 0.6) is 5.75 Å². The largest absolute Gasteiger partial charge is 0.481 e. The van der Waals surface area contributed by atoms with Crippen LogP contribution in [-0.2, 0) is 4.79 Å². The Morgan fingerprint density at radius 3 is 2.60 bits per heavy atom. The molecule has 1 atom stereocenters. The van der Waals surface area contributed by atoms with Gasteiger partial charge in [-0.25, -0.2) is 4.68 Å². The molecule has 0 bridgehead atoms. The molecule has 25 heavy (non-hydrogen) atoms. The number of hydrogen-bond acceptors (Lipinski definition) is 5. The summed E-state index contributed by atoms with van der Waals surface area (Å²) < 4.78 is 7.34. The number of rotatable bonds is 5. The summed E-state index contributed by atoms with van der Waals surface area (Å²) >= 11 is 0.